The third kappa shape index (κ3) is 9.27. The first-order chi connectivity index (χ1) is 12.8. The first-order valence-corrected chi connectivity index (χ1v) is 9.62. The number of unbranched alkanes of at least 4 members (excludes halogenated alkanes) is 1. The maximum atomic E-state index is 12.4. The van der Waals surface area contributed by atoms with Crippen LogP contribution in [0.15, 0.2) is 29.8 Å². The molecule has 0 atom stereocenters. The summed E-state index contributed by atoms with van der Waals surface area (Å²) < 4.78 is 16.1. The first kappa shape index (κ1) is 22.7. The summed E-state index contributed by atoms with van der Waals surface area (Å²) >= 11 is 0. The van der Waals surface area contributed by atoms with Gasteiger partial charge in [0, 0.05) is 0 Å². The van der Waals surface area contributed by atoms with E-state index in [2.05, 4.69) is 6.92 Å². The van der Waals surface area contributed by atoms with Gasteiger partial charge in [0.2, 0.25) is 0 Å². The third-order valence-electron chi connectivity index (χ3n) is 3.49. The largest absolute Gasteiger partial charge is 0.494 e. The monoisotopic (exact) mass is 376 g/mol. The molecule has 0 unspecified atom stereocenters. The van der Waals surface area contributed by atoms with Crippen molar-refractivity contribution in [3.05, 3.63) is 35.4 Å². The molecule has 0 aliphatic carbocycles. The van der Waals surface area contributed by atoms with Gasteiger partial charge in [0.05, 0.1) is 19.8 Å². The predicted octanol–water partition coefficient (Wildman–Crippen LogP) is 4.65. The summed E-state index contributed by atoms with van der Waals surface area (Å²) in [4.78, 5) is 24.7. The van der Waals surface area contributed by atoms with Gasteiger partial charge in [0.1, 0.15) is 11.3 Å². The lowest BCUT2D eigenvalue weighted by molar-refractivity contribution is -0.148. The summed E-state index contributed by atoms with van der Waals surface area (Å²) in [5.74, 6) is -0.212. The number of benzene rings is 1. The van der Waals surface area contributed by atoms with E-state index in [1.54, 1.807) is 12.1 Å². The second-order valence-electron chi connectivity index (χ2n) is 7.31. The second kappa shape index (κ2) is 12.2. The minimum Gasteiger partial charge on any atom is -0.494 e. The number of esters is 2. The lowest BCUT2D eigenvalue weighted by Gasteiger charge is -2.12. The van der Waals surface area contributed by atoms with Crippen molar-refractivity contribution in [3.63, 3.8) is 0 Å². The van der Waals surface area contributed by atoms with Crippen molar-refractivity contribution in [3.8, 4) is 5.75 Å². The molecule has 0 bridgehead atoms. The van der Waals surface area contributed by atoms with E-state index >= 15 is 0 Å². The second-order valence-corrected chi connectivity index (χ2v) is 7.31. The molecule has 0 saturated carbocycles. The van der Waals surface area contributed by atoms with Gasteiger partial charge in [-0.2, -0.15) is 0 Å². The predicted molar refractivity (Wildman–Crippen MR) is 106 cm³/mol. The van der Waals surface area contributed by atoms with Crippen LogP contribution in [0.2, 0.25) is 0 Å². The van der Waals surface area contributed by atoms with Gasteiger partial charge in [-0.25, -0.2) is 9.59 Å². The zero-order chi connectivity index (χ0) is 20.2. The summed E-state index contributed by atoms with van der Waals surface area (Å²) in [5.41, 5.74) is 0.604. The van der Waals surface area contributed by atoms with Gasteiger partial charge in [-0.3, -0.25) is 0 Å². The number of carbonyl (C=O) groups excluding carboxylic acids is 2. The molecule has 0 heterocycles. The van der Waals surface area contributed by atoms with E-state index in [1.165, 1.54) is 6.08 Å². The van der Waals surface area contributed by atoms with Crippen molar-refractivity contribution in [2.75, 3.05) is 19.8 Å². The Balaban J connectivity index is 2.92. The Hall–Kier alpha value is -2.30. The minimum absolute atomic E-state index is 0.101. The summed E-state index contributed by atoms with van der Waals surface area (Å²) in [6.45, 7) is 11.0. The smallest absolute Gasteiger partial charge is 0.345 e. The van der Waals surface area contributed by atoms with Gasteiger partial charge >= 0.3 is 11.9 Å². The Bertz CT molecular complexity index is 588. The Morgan fingerprint density at radius 2 is 1.44 bits per heavy atom. The van der Waals surface area contributed by atoms with Crippen molar-refractivity contribution in [1.29, 1.82) is 0 Å². The van der Waals surface area contributed by atoms with Crippen LogP contribution >= 0.6 is 0 Å². The van der Waals surface area contributed by atoms with E-state index < -0.39 is 11.9 Å². The van der Waals surface area contributed by atoms with Crippen LogP contribution < -0.4 is 4.74 Å². The Labute approximate surface area is 162 Å². The molecular formula is C22H32O5. The molecule has 1 aromatic carbocycles. The molecule has 5 heteroatoms. The summed E-state index contributed by atoms with van der Waals surface area (Å²) in [6.07, 6.45) is 3.57. The fraction of sp³-hybridized carbons (Fsp3) is 0.545. The van der Waals surface area contributed by atoms with Crippen molar-refractivity contribution in [1.82, 2.24) is 0 Å². The molecule has 0 aliphatic heterocycles. The lowest BCUT2D eigenvalue weighted by Crippen LogP contribution is -2.21. The van der Waals surface area contributed by atoms with Crippen LogP contribution in [0.1, 0.15) is 53.0 Å². The third-order valence-corrected chi connectivity index (χ3v) is 3.49. The zero-order valence-electron chi connectivity index (χ0n) is 17.1. The number of rotatable bonds is 11. The normalized spacial score (nSPS) is 10.6. The van der Waals surface area contributed by atoms with Crippen molar-refractivity contribution >= 4 is 18.0 Å². The average molecular weight is 376 g/mol. The summed E-state index contributed by atoms with van der Waals surface area (Å²) in [6, 6.07) is 7.23. The van der Waals surface area contributed by atoms with Gasteiger partial charge in [0.25, 0.3) is 0 Å². The molecule has 27 heavy (non-hydrogen) atoms. The van der Waals surface area contributed by atoms with Crippen LogP contribution in [0.4, 0.5) is 0 Å². The zero-order valence-corrected chi connectivity index (χ0v) is 17.1. The Morgan fingerprint density at radius 3 is 1.89 bits per heavy atom. The highest BCUT2D eigenvalue weighted by molar-refractivity contribution is 6.17. The first-order valence-electron chi connectivity index (χ1n) is 9.62. The van der Waals surface area contributed by atoms with E-state index in [9.17, 15) is 9.59 Å². The quantitative estimate of drug-likeness (QED) is 0.185. The minimum atomic E-state index is -0.666. The molecule has 0 aliphatic rings. The summed E-state index contributed by atoms with van der Waals surface area (Å²) in [5, 5.41) is 0. The van der Waals surface area contributed by atoms with Gasteiger partial charge in [-0.05, 0) is 42.0 Å². The van der Waals surface area contributed by atoms with Gasteiger partial charge in [-0.15, -0.1) is 0 Å². The standard InChI is InChI=1S/C22H32O5/c1-6-7-12-25-19-10-8-18(9-11-19)13-20(21(23)26-14-16(2)3)22(24)27-15-17(4)5/h8-11,13,16-17H,6-7,12,14-15H2,1-5H3. The SMILES string of the molecule is CCCCOc1ccc(C=C(C(=O)OCC(C)C)C(=O)OCC(C)C)cc1. The maximum Gasteiger partial charge on any atom is 0.345 e. The molecule has 0 saturated heterocycles. The number of hydrogen-bond acceptors (Lipinski definition) is 5. The van der Waals surface area contributed by atoms with Gasteiger partial charge in [0.15, 0.2) is 0 Å². The number of ether oxygens (including phenoxy) is 3. The Morgan fingerprint density at radius 1 is 0.926 bits per heavy atom. The highest BCUT2D eigenvalue weighted by Gasteiger charge is 2.22. The van der Waals surface area contributed by atoms with Crippen LogP contribution in [0.25, 0.3) is 6.08 Å². The number of hydrogen-bond donors (Lipinski definition) is 0. The fourth-order valence-corrected chi connectivity index (χ4v) is 2.00. The molecule has 0 N–H and O–H groups in total. The molecule has 150 valence electrons. The van der Waals surface area contributed by atoms with E-state index in [0.29, 0.717) is 12.2 Å². The van der Waals surface area contributed by atoms with Gasteiger partial charge < -0.3 is 14.2 Å². The van der Waals surface area contributed by atoms with E-state index in [-0.39, 0.29) is 30.6 Å². The van der Waals surface area contributed by atoms with Crippen LogP contribution in [0.5, 0.6) is 5.75 Å². The van der Waals surface area contributed by atoms with E-state index in [1.807, 2.05) is 39.8 Å². The van der Waals surface area contributed by atoms with Crippen LogP contribution in [0.3, 0.4) is 0 Å². The molecule has 5 nitrogen and oxygen atoms in total. The topological polar surface area (TPSA) is 61.8 Å². The molecule has 0 spiro atoms. The van der Waals surface area contributed by atoms with Crippen LogP contribution in [-0.2, 0) is 19.1 Å². The molecule has 1 aromatic rings. The molecule has 0 amide bonds. The van der Waals surface area contributed by atoms with Gasteiger partial charge in [-0.1, -0.05) is 53.2 Å². The van der Waals surface area contributed by atoms with Crippen molar-refractivity contribution in [2.45, 2.75) is 47.5 Å². The highest BCUT2D eigenvalue weighted by atomic mass is 16.6. The lowest BCUT2D eigenvalue weighted by atomic mass is 10.1. The van der Waals surface area contributed by atoms with E-state index in [4.69, 9.17) is 14.2 Å². The Kier molecular flexibility index (Phi) is 10.2. The van der Waals surface area contributed by atoms with Crippen LogP contribution in [-0.4, -0.2) is 31.8 Å². The van der Waals surface area contributed by atoms with Crippen LogP contribution in [0, 0.1) is 11.8 Å². The number of carbonyl (C=O) groups is 2. The highest BCUT2D eigenvalue weighted by Crippen LogP contribution is 2.17. The average Bonchev–Trinajstić information content (AvgIpc) is 2.63. The molecular weight excluding hydrogens is 344 g/mol. The van der Waals surface area contributed by atoms with Crippen molar-refractivity contribution in [2.24, 2.45) is 11.8 Å². The molecule has 0 fully saturated rings. The summed E-state index contributed by atoms with van der Waals surface area (Å²) in [7, 11) is 0. The maximum absolute atomic E-state index is 12.4. The molecule has 0 radical (unpaired) electrons. The molecule has 0 aromatic heterocycles. The van der Waals surface area contributed by atoms with Crippen molar-refractivity contribution < 1.29 is 23.8 Å². The van der Waals surface area contributed by atoms with E-state index in [0.717, 1.165) is 18.6 Å². The fourth-order valence-electron chi connectivity index (χ4n) is 2.00. The molecule has 1 rings (SSSR count).